The number of nitrogens with zero attached hydrogens (tertiary/aromatic N) is 1. The van der Waals surface area contributed by atoms with Crippen molar-refractivity contribution in [1.29, 1.82) is 0 Å². The minimum atomic E-state index is -0.254. The van der Waals surface area contributed by atoms with Crippen LogP contribution in [0.25, 0.3) is 0 Å². The van der Waals surface area contributed by atoms with Crippen LogP contribution in [-0.4, -0.2) is 24.7 Å². The van der Waals surface area contributed by atoms with Crippen LogP contribution >= 0.6 is 0 Å². The van der Waals surface area contributed by atoms with Crippen molar-refractivity contribution in [3.63, 3.8) is 0 Å². The minimum Gasteiger partial charge on any atom is -0.497 e. The number of nitrogens with one attached hydrogen (secondary N) is 1. The first-order chi connectivity index (χ1) is 8.79. The summed E-state index contributed by atoms with van der Waals surface area (Å²) in [6.07, 6.45) is 2.17. The molecule has 0 aliphatic heterocycles. The molecule has 0 spiro atoms. The van der Waals surface area contributed by atoms with E-state index in [1.807, 2.05) is 24.3 Å². The van der Waals surface area contributed by atoms with Gasteiger partial charge in [-0.1, -0.05) is 17.3 Å². The van der Waals surface area contributed by atoms with E-state index in [0.29, 0.717) is 6.54 Å². The van der Waals surface area contributed by atoms with Crippen molar-refractivity contribution >= 4 is 5.91 Å². The molecule has 1 aromatic carbocycles. The highest BCUT2D eigenvalue weighted by Gasteiger charge is 2.08. The molecule has 0 aliphatic carbocycles. The van der Waals surface area contributed by atoms with E-state index < -0.39 is 0 Å². The molecule has 2 rings (SSSR count). The second-order valence-electron chi connectivity index (χ2n) is 3.73. The van der Waals surface area contributed by atoms with Gasteiger partial charge in [-0.2, -0.15) is 0 Å². The van der Waals surface area contributed by atoms with Crippen molar-refractivity contribution < 1.29 is 14.1 Å². The molecule has 0 saturated carbocycles. The molecule has 0 unspecified atom stereocenters. The number of ether oxygens (including phenoxy) is 1. The van der Waals surface area contributed by atoms with E-state index in [9.17, 15) is 4.79 Å². The summed E-state index contributed by atoms with van der Waals surface area (Å²) in [6, 6.07) is 9.27. The lowest BCUT2D eigenvalue weighted by Gasteiger charge is -2.05. The summed E-state index contributed by atoms with van der Waals surface area (Å²) in [5.74, 6) is 0.782. The Hall–Kier alpha value is -2.30. The van der Waals surface area contributed by atoms with Crippen molar-refractivity contribution in [2.24, 2.45) is 0 Å². The van der Waals surface area contributed by atoms with Gasteiger partial charge in [0, 0.05) is 12.6 Å². The Morgan fingerprint density at radius 2 is 2.33 bits per heavy atom. The number of methoxy groups -OCH3 is 1. The SMILES string of the molecule is COc1cccc(CCNC(=O)c2ccno2)c1. The lowest BCUT2D eigenvalue weighted by atomic mass is 10.1. The average Bonchev–Trinajstić information content (AvgIpc) is 2.93. The molecule has 18 heavy (non-hydrogen) atoms. The maximum atomic E-state index is 11.5. The summed E-state index contributed by atoms with van der Waals surface area (Å²) in [7, 11) is 1.63. The van der Waals surface area contributed by atoms with E-state index in [-0.39, 0.29) is 11.7 Å². The molecule has 0 bridgehead atoms. The Bertz CT molecular complexity index is 509. The molecule has 5 nitrogen and oxygen atoms in total. The van der Waals surface area contributed by atoms with Gasteiger partial charge in [0.25, 0.3) is 5.91 Å². The van der Waals surface area contributed by atoms with E-state index in [2.05, 4.69) is 10.5 Å². The summed E-state index contributed by atoms with van der Waals surface area (Å²) in [5, 5.41) is 6.24. The van der Waals surface area contributed by atoms with Gasteiger partial charge in [0.1, 0.15) is 5.75 Å². The molecule has 2 aromatic rings. The van der Waals surface area contributed by atoms with Gasteiger partial charge in [0.2, 0.25) is 5.76 Å². The largest absolute Gasteiger partial charge is 0.497 e. The monoisotopic (exact) mass is 246 g/mol. The highest BCUT2D eigenvalue weighted by molar-refractivity contribution is 5.91. The lowest BCUT2D eigenvalue weighted by molar-refractivity contribution is 0.0917. The fraction of sp³-hybridized carbons (Fsp3) is 0.231. The average molecular weight is 246 g/mol. The molecule has 0 aliphatic rings. The predicted octanol–water partition coefficient (Wildman–Crippen LogP) is 1.66. The normalized spacial score (nSPS) is 10.1. The van der Waals surface area contributed by atoms with Gasteiger partial charge in [0.15, 0.2) is 0 Å². The summed E-state index contributed by atoms with van der Waals surface area (Å²) in [4.78, 5) is 11.5. The Morgan fingerprint density at radius 3 is 3.06 bits per heavy atom. The highest BCUT2D eigenvalue weighted by Crippen LogP contribution is 2.12. The number of carbonyl (C=O) groups is 1. The van der Waals surface area contributed by atoms with Crippen LogP contribution in [0.1, 0.15) is 16.1 Å². The zero-order valence-electron chi connectivity index (χ0n) is 10.1. The van der Waals surface area contributed by atoms with Gasteiger partial charge < -0.3 is 14.6 Å². The second-order valence-corrected chi connectivity index (χ2v) is 3.73. The molecule has 0 fully saturated rings. The van der Waals surface area contributed by atoms with E-state index in [0.717, 1.165) is 17.7 Å². The number of aromatic nitrogens is 1. The third kappa shape index (κ3) is 3.10. The van der Waals surface area contributed by atoms with Crippen molar-refractivity contribution in [2.75, 3.05) is 13.7 Å². The fourth-order valence-electron chi connectivity index (χ4n) is 1.57. The van der Waals surface area contributed by atoms with E-state index in [1.165, 1.54) is 12.3 Å². The zero-order valence-corrected chi connectivity index (χ0v) is 10.1. The minimum absolute atomic E-state index is 0.223. The number of hydrogen-bond acceptors (Lipinski definition) is 4. The van der Waals surface area contributed by atoms with Crippen LogP contribution in [0.3, 0.4) is 0 Å². The van der Waals surface area contributed by atoms with Crippen LogP contribution in [0.4, 0.5) is 0 Å². The Morgan fingerprint density at radius 1 is 1.44 bits per heavy atom. The number of amides is 1. The van der Waals surface area contributed by atoms with Gasteiger partial charge in [-0.25, -0.2) is 0 Å². The van der Waals surface area contributed by atoms with Gasteiger partial charge >= 0.3 is 0 Å². The second kappa shape index (κ2) is 5.86. The number of rotatable bonds is 5. The first-order valence-electron chi connectivity index (χ1n) is 5.61. The Balaban J connectivity index is 1.83. The Labute approximate surface area is 105 Å². The third-order valence-corrected chi connectivity index (χ3v) is 2.49. The van der Waals surface area contributed by atoms with Crippen LogP contribution in [0, 0.1) is 0 Å². The van der Waals surface area contributed by atoms with E-state index >= 15 is 0 Å². The molecule has 0 radical (unpaired) electrons. The summed E-state index contributed by atoms with van der Waals surface area (Å²) < 4.78 is 9.88. The molecule has 5 heteroatoms. The first-order valence-corrected chi connectivity index (χ1v) is 5.61. The van der Waals surface area contributed by atoms with Crippen LogP contribution < -0.4 is 10.1 Å². The number of hydrogen-bond donors (Lipinski definition) is 1. The van der Waals surface area contributed by atoms with Crippen LogP contribution in [0.2, 0.25) is 0 Å². The van der Waals surface area contributed by atoms with E-state index in [1.54, 1.807) is 7.11 Å². The van der Waals surface area contributed by atoms with Crippen molar-refractivity contribution in [3.8, 4) is 5.75 Å². The number of benzene rings is 1. The van der Waals surface area contributed by atoms with Crippen LogP contribution in [0.15, 0.2) is 41.1 Å². The Kier molecular flexibility index (Phi) is 3.96. The molecular weight excluding hydrogens is 232 g/mol. The van der Waals surface area contributed by atoms with Crippen molar-refractivity contribution in [3.05, 3.63) is 47.9 Å². The maximum Gasteiger partial charge on any atom is 0.289 e. The molecule has 0 saturated heterocycles. The van der Waals surface area contributed by atoms with Crippen LogP contribution in [-0.2, 0) is 6.42 Å². The molecule has 0 atom stereocenters. The third-order valence-electron chi connectivity index (χ3n) is 2.49. The molecule has 1 aromatic heterocycles. The van der Waals surface area contributed by atoms with Gasteiger partial charge in [0.05, 0.1) is 13.3 Å². The lowest BCUT2D eigenvalue weighted by Crippen LogP contribution is -2.25. The molecule has 1 amide bonds. The maximum absolute atomic E-state index is 11.5. The van der Waals surface area contributed by atoms with Crippen molar-refractivity contribution in [2.45, 2.75) is 6.42 Å². The summed E-state index contributed by atoms with van der Waals surface area (Å²) >= 11 is 0. The smallest absolute Gasteiger partial charge is 0.289 e. The molecule has 1 N–H and O–H groups in total. The molecule has 94 valence electrons. The molecular formula is C13H14N2O3. The highest BCUT2D eigenvalue weighted by atomic mass is 16.5. The first kappa shape index (κ1) is 12.2. The summed E-state index contributed by atoms with van der Waals surface area (Å²) in [6.45, 7) is 0.534. The van der Waals surface area contributed by atoms with Crippen LogP contribution in [0.5, 0.6) is 5.75 Å². The topological polar surface area (TPSA) is 64.4 Å². The van der Waals surface area contributed by atoms with Crippen molar-refractivity contribution in [1.82, 2.24) is 10.5 Å². The fourth-order valence-corrected chi connectivity index (χ4v) is 1.57. The predicted molar refractivity (Wildman–Crippen MR) is 65.5 cm³/mol. The van der Waals surface area contributed by atoms with E-state index in [4.69, 9.17) is 9.26 Å². The standard InChI is InChI=1S/C13H14N2O3/c1-17-11-4-2-3-10(9-11)5-7-14-13(16)12-6-8-15-18-12/h2-4,6,8-9H,5,7H2,1H3,(H,14,16). The van der Waals surface area contributed by atoms with Gasteiger partial charge in [-0.05, 0) is 24.1 Å². The van der Waals surface area contributed by atoms with Gasteiger partial charge in [-0.3, -0.25) is 4.79 Å². The quantitative estimate of drug-likeness (QED) is 0.871. The summed E-state index contributed by atoms with van der Waals surface area (Å²) in [5.41, 5.74) is 1.10. The molecule has 1 heterocycles. The number of carbonyl (C=O) groups excluding carboxylic acids is 1. The zero-order chi connectivity index (χ0) is 12.8. The van der Waals surface area contributed by atoms with Gasteiger partial charge in [-0.15, -0.1) is 0 Å².